The first-order valence-corrected chi connectivity index (χ1v) is 12.7. The molecular formula is C33H28N4O2. The number of rotatable bonds is 6. The summed E-state index contributed by atoms with van der Waals surface area (Å²) in [4.78, 5) is 30.6. The highest BCUT2D eigenvalue weighted by molar-refractivity contribution is 6.08. The number of nitrogens with zero attached hydrogens (tertiary/aromatic N) is 2. The first-order chi connectivity index (χ1) is 18.9. The fraction of sp³-hybridized carbons (Fsp3) is 0.0909. The van der Waals surface area contributed by atoms with Crippen LogP contribution < -0.4 is 10.7 Å². The van der Waals surface area contributed by atoms with Gasteiger partial charge in [0.25, 0.3) is 11.8 Å². The van der Waals surface area contributed by atoms with Crippen LogP contribution in [0.4, 0.5) is 5.69 Å². The molecule has 39 heavy (non-hydrogen) atoms. The topological polar surface area (TPSA) is 83.4 Å². The second kappa shape index (κ2) is 11.1. The third-order valence-electron chi connectivity index (χ3n) is 6.58. The lowest BCUT2D eigenvalue weighted by atomic mass is 10.0. The van der Waals surface area contributed by atoms with Crippen LogP contribution in [0.3, 0.4) is 0 Å². The maximum absolute atomic E-state index is 13.3. The van der Waals surface area contributed by atoms with Gasteiger partial charge in [-0.1, -0.05) is 78.4 Å². The van der Waals surface area contributed by atoms with Crippen LogP contribution in [0.5, 0.6) is 0 Å². The van der Waals surface area contributed by atoms with Gasteiger partial charge in [0.15, 0.2) is 0 Å². The van der Waals surface area contributed by atoms with E-state index in [1.165, 1.54) is 0 Å². The average molecular weight is 513 g/mol. The number of amides is 2. The molecule has 0 bridgehead atoms. The molecule has 0 fully saturated rings. The standard InChI is InChI=1S/C33H28N4O2/c1-21-12-14-25(15-13-21)31-20-29(28-10-6-7-11-30(28)35-31)33(39)37-36-23(3)24-16-18-26(19-17-24)34-32(38)27-9-5-4-8-22(27)2/h4-20H,1-3H3,(H,34,38)(H,37,39)/b36-23+. The molecule has 0 atom stereocenters. The molecule has 0 saturated heterocycles. The second-order valence-corrected chi connectivity index (χ2v) is 9.42. The molecule has 0 aliphatic carbocycles. The van der Waals surface area contributed by atoms with Crippen molar-refractivity contribution in [2.24, 2.45) is 5.10 Å². The van der Waals surface area contributed by atoms with Gasteiger partial charge >= 0.3 is 0 Å². The lowest BCUT2D eigenvalue weighted by molar-refractivity contribution is 0.0955. The van der Waals surface area contributed by atoms with Crippen molar-refractivity contribution in [2.45, 2.75) is 20.8 Å². The van der Waals surface area contributed by atoms with Crippen molar-refractivity contribution in [1.82, 2.24) is 10.4 Å². The number of fused-ring (bicyclic) bond motifs is 1. The van der Waals surface area contributed by atoms with Crippen LogP contribution in [0, 0.1) is 13.8 Å². The number of aromatic nitrogens is 1. The van der Waals surface area contributed by atoms with Gasteiger partial charge in [0, 0.05) is 22.2 Å². The van der Waals surface area contributed by atoms with Crippen molar-refractivity contribution in [3.8, 4) is 11.3 Å². The number of hydrogen-bond donors (Lipinski definition) is 2. The summed E-state index contributed by atoms with van der Waals surface area (Å²) in [5.74, 6) is -0.475. The van der Waals surface area contributed by atoms with E-state index in [1.54, 1.807) is 12.1 Å². The average Bonchev–Trinajstić information content (AvgIpc) is 2.96. The molecule has 0 aliphatic heterocycles. The molecule has 2 amide bonds. The number of carbonyl (C=O) groups is 2. The predicted molar refractivity (Wildman–Crippen MR) is 157 cm³/mol. The maximum Gasteiger partial charge on any atom is 0.272 e. The third-order valence-corrected chi connectivity index (χ3v) is 6.58. The van der Waals surface area contributed by atoms with Gasteiger partial charge in [0.2, 0.25) is 0 Å². The largest absolute Gasteiger partial charge is 0.322 e. The molecule has 0 radical (unpaired) electrons. The smallest absolute Gasteiger partial charge is 0.272 e. The first-order valence-electron chi connectivity index (χ1n) is 12.7. The van der Waals surface area contributed by atoms with E-state index in [9.17, 15) is 9.59 Å². The Labute approximate surface area is 227 Å². The molecular weight excluding hydrogens is 484 g/mol. The van der Waals surface area contributed by atoms with Crippen LogP contribution >= 0.6 is 0 Å². The van der Waals surface area contributed by atoms with E-state index in [4.69, 9.17) is 4.98 Å². The highest BCUT2D eigenvalue weighted by atomic mass is 16.2. The van der Waals surface area contributed by atoms with Crippen molar-refractivity contribution in [3.05, 3.63) is 131 Å². The monoisotopic (exact) mass is 512 g/mol. The lowest BCUT2D eigenvalue weighted by Gasteiger charge is -2.10. The Morgan fingerprint density at radius 2 is 1.44 bits per heavy atom. The fourth-order valence-corrected chi connectivity index (χ4v) is 4.32. The summed E-state index contributed by atoms with van der Waals surface area (Å²) in [6, 6.07) is 32.3. The van der Waals surface area contributed by atoms with Crippen LogP contribution in [0.25, 0.3) is 22.2 Å². The quantitative estimate of drug-likeness (QED) is 0.191. The molecule has 2 N–H and O–H groups in total. The van der Waals surface area contributed by atoms with Crippen LogP contribution in [0.2, 0.25) is 0 Å². The van der Waals surface area contributed by atoms with Crippen LogP contribution in [-0.4, -0.2) is 22.5 Å². The van der Waals surface area contributed by atoms with Gasteiger partial charge in [-0.05, 0) is 62.2 Å². The highest BCUT2D eigenvalue weighted by Gasteiger charge is 2.14. The van der Waals surface area contributed by atoms with Gasteiger partial charge in [-0.2, -0.15) is 5.10 Å². The molecule has 5 aromatic rings. The summed E-state index contributed by atoms with van der Waals surface area (Å²) in [6.07, 6.45) is 0. The number of pyridine rings is 1. The number of benzene rings is 4. The van der Waals surface area contributed by atoms with Crippen LogP contribution in [0.1, 0.15) is 44.3 Å². The zero-order chi connectivity index (χ0) is 27.4. The molecule has 192 valence electrons. The van der Waals surface area contributed by atoms with E-state index in [2.05, 4.69) is 15.8 Å². The Morgan fingerprint density at radius 3 is 2.18 bits per heavy atom. The van der Waals surface area contributed by atoms with Crippen LogP contribution in [0.15, 0.2) is 108 Å². The molecule has 1 aromatic heterocycles. The number of hydrazone groups is 1. The summed E-state index contributed by atoms with van der Waals surface area (Å²) >= 11 is 0. The lowest BCUT2D eigenvalue weighted by Crippen LogP contribution is -2.20. The summed E-state index contributed by atoms with van der Waals surface area (Å²) in [7, 11) is 0. The van der Waals surface area contributed by atoms with Gasteiger partial charge in [-0.15, -0.1) is 0 Å². The minimum atomic E-state index is -0.316. The number of anilines is 1. The fourth-order valence-electron chi connectivity index (χ4n) is 4.32. The van der Waals surface area contributed by atoms with Crippen molar-refractivity contribution >= 4 is 34.1 Å². The van der Waals surface area contributed by atoms with Crippen molar-refractivity contribution < 1.29 is 9.59 Å². The van der Waals surface area contributed by atoms with Crippen molar-refractivity contribution in [1.29, 1.82) is 0 Å². The van der Waals surface area contributed by atoms with E-state index in [0.29, 0.717) is 22.5 Å². The summed E-state index contributed by atoms with van der Waals surface area (Å²) < 4.78 is 0. The van der Waals surface area contributed by atoms with E-state index < -0.39 is 0 Å². The number of aryl methyl sites for hydroxylation is 2. The summed E-state index contributed by atoms with van der Waals surface area (Å²) in [5.41, 5.74) is 10.5. The maximum atomic E-state index is 13.3. The molecule has 0 aliphatic rings. The minimum Gasteiger partial charge on any atom is -0.322 e. The van der Waals surface area contributed by atoms with E-state index in [1.807, 2.05) is 112 Å². The Morgan fingerprint density at radius 1 is 0.744 bits per heavy atom. The van der Waals surface area contributed by atoms with E-state index in [-0.39, 0.29) is 11.8 Å². The zero-order valence-corrected chi connectivity index (χ0v) is 22.0. The predicted octanol–water partition coefficient (Wildman–Crippen LogP) is 6.92. The number of nitrogens with one attached hydrogen (secondary N) is 2. The number of hydrogen-bond acceptors (Lipinski definition) is 4. The number of para-hydroxylation sites is 1. The molecule has 0 unspecified atom stereocenters. The second-order valence-electron chi connectivity index (χ2n) is 9.42. The highest BCUT2D eigenvalue weighted by Crippen LogP contribution is 2.25. The summed E-state index contributed by atoms with van der Waals surface area (Å²) in [5, 5.41) is 8.03. The molecule has 6 nitrogen and oxygen atoms in total. The van der Waals surface area contributed by atoms with Crippen LogP contribution in [-0.2, 0) is 0 Å². The SMILES string of the molecule is C/C(=N\NC(=O)c1cc(-c2ccc(C)cc2)nc2ccccc12)c1ccc(NC(=O)c2ccccc2C)cc1. The number of carbonyl (C=O) groups excluding carboxylic acids is 2. The van der Waals surface area contributed by atoms with Crippen molar-refractivity contribution in [2.75, 3.05) is 5.32 Å². The van der Waals surface area contributed by atoms with Crippen molar-refractivity contribution in [3.63, 3.8) is 0 Å². The molecule has 4 aromatic carbocycles. The van der Waals surface area contributed by atoms with E-state index in [0.717, 1.165) is 38.9 Å². The van der Waals surface area contributed by atoms with Gasteiger partial charge in [-0.25, -0.2) is 10.4 Å². The van der Waals surface area contributed by atoms with Gasteiger partial charge in [0.05, 0.1) is 22.5 Å². The molecule has 0 saturated carbocycles. The normalized spacial score (nSPS) is 11.3. The zero-order valence-electron chi connectivity index (χ0n) is 22.0. The van der Waals surface area contributed by atoms with E-state index >= 15 is 0 Å². The minimum absolute atomic E-state index is 0.159. The first kappa shape index (κ1) is 25.5. The molecule has 0 spiro atoms. The Kier molecular flexibility index (Phi) is 7.28. The Bertz CT molecular complexity index is 1710. The molecule has 5 rings (SSSR count). The molecule has 6 heteroatoms. The Balaban J connectivity index is 1.33. The Hall–Kier alpha value is -5.10. The van der Waals surface area contributed by atoms with Gasteiger partial charge in [0.1, 0.15) is 0 Å². The molecule has 1 heterocycles. The third kappa shape index (κ3) is 5.75. The van der Waals surface area contributed by atoms with Gasteiger partial charge in [-0.3, -0.25) is 9.59 Å². The summed E-state index contributed by atoms with van der Waals surface area (Å²) in [6.45, 7) is 5.76. The van der Waals surface area contributed by atoms with Gasteiger partial charge < -0.3 is 5.32 Å².